The van der Waals surface area contributed by atoms with Crippen molar-refractivity contribution in [2.24, 2.45) is 11.3 Å². The van der Waals surface area contributed by atoms with Crippen molar-refractivity contribution in [3.63, 3.8) is 0 Å². The van der Waals surface area contributed by atoms with E-state index in [-0.39, 0.29) is 41.6 Å². The third kappa shape index (κ3) is 5.67. The number of benzene rings is 2. The zero-order valence-corrected chi connectivity index (χ0v) is 24.3. The minimum Gasteiger partial charge on any atom is -0.343 e. The van der Waals surface area contributed by atoms with Gasteiger partial charge < -0.3 is 20.0 Å². The van der Waals surface area contributed by atoms with Crippen LogP contribution in [0, 0.1) is 11.3 Å². The van der Waals surface area contributed by atoms with E-state index in [1.54, 1.807) is 0 Å². The molecular weight excluding hydrogens is 516 g/mol. The Hall–Kier alpha value is -3.88. The molecule has 1 fully saturated rings. The van der Waals surface area contributed by atoms with Crippen LogP contribution in [0.25, 0.3) is 10.9 Å². The molecule has 2 N–H and O–H groups in total. The first-order valence-electron chi connectivity index (χ1n) is 14.8. The van der Waals surface area contributed by atoms with Crippen molar-refractivity contribution in [3.8, 4) is 0 Å². The molecule has 0 unspecified atom stereocenters. The van der Waals surface area contributed by atoms with Crippen LogP contribution < -0.4 is 5.32 Å². The Labute approximate surface area is 241 Å². The lowest BCUT2D eigenvalue weighted by Gasteiger charge is -2.41. The molecule has 1 atom stereocenters. The van der Waals surface area contributed by atoms with E-state index in [2.05, 4.69) is 48.4 Å². The van der Waals surface area contributed by atoms with Crippen LogP contribution in [0.15, 0.2) is 42.6 Å². The fourth-order valence-electron chi connectivity index (χ4n) is 6.70. The summed E-state index contributed by atoms with van der Waals surface area (Å²) >= 11 is 0. The molecule has 0 bridgehead atoms. The zero-order chi connectivity index (χ0) is 28.7. The lowest BCUT2D eigenvalue weighted by molar-refractivity contribution is -0.143. The highest BCUT2D eigenvalue weighted by molar-refractivity contribution is 5.92. The second-order valence-corrected chi connectivity index (χ2v) is 13.1. The summed E-state index contributed by atoms with van der Waals surface area (Å²) in [7, 11) is 0. The summed E-state index contributed by atoms with van der Waals surface area (Å²) < 4.78 is 0. The highest BCUT2D eigenvalue weighted by atomic mass is 16.2. The number of hydrogen-bond acceptors (Lipinski definition) is 4. The first-order valence-corrected chi connectivity index (χ1v) is 14.8. The van der Waals surface area contributed by atoms with Gasteiger partial charge in [0.25, 0.3) is 0 Å². The number of likely N-dealkylation sites (tertiary alicyclic amines) is 1. The van der Waals surface area contributed by atoms with E-state index in [0.717, 1.165) is 47.0 Å². The van der Waals surface area contributed by atoms with Crippen LogP contribution in [0.1, 0.15) is 63.1 Å². The molecule has 216 valence electrons. The van der Waals surface area contributed by atoms with Crippen LogP contribution in [-0.4, -0.2) is 68.4 Å². The van der Waals surface area contributed by atoms with E-state index in [0.29, 0.717) is 39.1 Å². The quantitative estimate of drug-likeness (QED) is 0.476. The van der Waals surface area contributed by atoms with Gasteiger partial charge in [0.2, 0.25) is 11.8 Å². The Morgan fingerprint density at radius 1 is 1.00 bits per heavy atom. The molecule has 4 amide bonds. The highest BCUT2D eigenvalue weighted by Gasteiger charge is 2.36. The number of amides is 4. The number of urea groups is 1. The monoisotopic (exact) mass is 556 g/mol. The van der Waals surface area contributed by atoms with E-state index in [9.17, 15) is 14.4 Å². The van der Waals surface area contributed by atoms with Gasteiger partial charge >= 0.3 is 6.03 Å². The average molecular weight is 557 g/mol. The summed E-state index contributed by atoms with van der Waals surface area (Å²) in [5, 5.41) is 11.4. The van der Waals surface area contributed by atoms with Crippen LogP contribution >= 0.6 is 0 Å². The molecule has 41 heavy (non-hydrogen) atoms. The number of hydrogen-bond donors (Lipinski definition) is 2. The maximum Gasteiger partial charge on any atom is 0.322 e. The number of rotatable bonds is 4. The van der Waals surface area contributed by atoms with Gasteiger partial charge in [-0.3, -0.25) is 14.7 Å². The number of H-pyrrole nitrogens is 1. The number of carbonyl (C=O) groups excluding carboxylic acids is 3. The number of carbonyl (C=O) groups is 3. The number of aromatic nitrogens is 2. The molecule has 6 rings (SSSR count). The Bertz CT molecular complexity index is 1470. The van der Waals surface area contributed by atoms with Crippen molar-refractivity contribution in [2.75, 3.05) is 25.0 Å². The Morgan fingerprint density at radius 3 is 2.56 bits per heavy atom. The smallest absolute Gasteiger partial charge is 0.322 e. The summed E-state index contributed by atoms with van der Waals surface area (Å²) in [6.45, 7) is 9.37. The van der Waals surface area contributed by atoms with Crippen LogP contribution in [-0.2, 0) is 29.1 Å². The summed E-state index contributed by atoms with van der Waals surface area (Å²) in [5.41, 5.74) is 5.28. The Morgan fingerprint density at radius 2 is 1.78 bits per heavy atom. The zero-order valence-electron chi connectivity index (χ0n) is 24.3. The van der Waals surface area contributed by atoms with Gasteiger partial charge in [0, 0.05) is 62.2 Å². The van der Waals surface area contributed by atoms with Gasteiger partial charge in [0.05, 0.1) is 11.7 Å². The molecule has 0 saturated carbocycles. The molecule has 3 aliphatic rings. The fraction of sp³-hybridized carbons (Fsp3) is 0.500. The molecule has 1 saturated heterocycles. The standard InChI is InChI=1S/C32H40N6O3/c1-32(2,3)20-37-19-26-21(10-11-28-25(26)17-33-35-28)8-9-22(30(37)40)16-29(39)36-14-12-24(13-15-36)38-18-23-6-4-5-7-27(23)34-31(38)41/h4-7,10-11,17,22,24H,8-9,12-16,18-20H2,1-3H3,(H,33,35)(H,34,41)/t22-/m0/s1. The second kappa shape index (κ2) is 10.8. The molecule has 0 radical (unpaired) electrons. The van der Waals surface area contributed by atoms with E-state index >= 15 is 0 Å². The maximum absolute atomic E-state index is 14.0. The number of anilines is 1. The molecule has 9 nitrogen and oxygen atoms in total. The van der Waals surface area contributed by atoms with E-state index < -0.39 is 0 Å². The number of piperidine rings is 1. The number of para-hydroxylation sites is 1. The Balaban J connectivity index is 1.13. The predicted octanol–water partition coefficient (Wildman–Crippen LogP) is 4.93. The first kappa shape index (κ1) is 27.3. The van der Waals surface area contributed by atoms with Gasteiger partial charge in [0.15, 0.2) is 0 Å². The van der Waals surface area contributed by atoms with E-state index in [1.807, 2.05) is 45.2 Å². The average Bonchev–Trinajstić information content (AvgIpc) is 3.43. The molecule has 1 aromatic heterocycles. The van der Waals surface area contributed by atoms with Gasteiger partial charge in [-0.05, 0) is 59.9 Å². The van der Waals surface area contributed by atoms with Gasteiger partial charge in [0.1, 0.15) is 0 Å². The summed E-state index contributed by atoms with van der Waals surface area (Å²) in [6.07, 6.45) is 4.97. The van der Waals surface area contributed by atoms with Crippen molar-refractivity contribution in [3.05, 3.63) is 59.3 Å². The van der Waals surface area contributed by atoms with E-state index in [4.69, 9.17) is 0 Å². The lowest BCUT2D eigenvalue weighted by Crippen LogP contribution is -2.51. The van der Waals surface area contributed by atoms with Crippen molar-refractivity contribution < 1.29 is 14.4 Å². The van der Waals surface area contributed by atoms with Crippen molar-refractivity contribution >= 4 is 34.4 Å². The third-order valence-electron chi connectivity index (χ3n) is 8.81. The normalized spacial score (nSPS) is 20.4. The van der Waals surface area contributed by atoms with Crippen molar-refractivity contribution in [2.45, 2.75) is 72.0 Å². The molecule has 0 spiro atoms. The molecule has 9 heteroatoms. The van der Waals surface area contributed by atoms with Crippen molar-refractivity contribution in [1.82, 2.24) is 24.9 Å². The summed E-state index contributed by atoms with van der Waals surface area (Å²) in [6, 6.07) is 12.1. The third-order valence-corrected chi connectivity index (χ3v) is 8.81. The maximum atomic E-state index is 14.0. The van der Waals surface area contributed by atoms with Crippen LogP contribution in [0.3, 0.4) is 0 Å². The predicted molar refractivity (Wildman–Crippen MR) is 158 cm³/mol. The minimum atomic E-state index is -0.347. The summed E-state index contributed by atoms with van der Waals surface area (Å²) in [5.74, 6) is -0.241. The SMILES string of the molecule is CC(C)(C)CN1Cc2c(ccc3[nH]ncc23)CC[C@@H](CC(=O)N2CCC(N3Cc4ccccc4NC3=O)CC2)C1=O. The minimum absolute atomic E-state index is 0.0389. The number of nitrogens with one attached hydrogen (secondary N) is 2. The molecule has 3 aliphatic heterocycles. The van der Waals surface area contributed by atoms with Gasteiger partial charge in [-0.25, -0.2) is 4.79 Å². The molecular formula is C32H40N6O3. The van der Waals surface area contributed by atoms with Gasteiger partial charge in [-0.2, -0.15) is 5.10 Å². The molecule has 2 aromatic carbocycles. The lowest BCUT2D eigenvalue weighted by atomic mass is 9.87. The molecule has 0 aliphatic carbocycles. The molecule has 4 heterocycles. The number of fused-ring (bicyclic) bond motifs is 4. The number of aromatic amines is 1. The van der Waals surface area contributed by atoms with Gasteiger partial charge in [-0.15, -0.1) is 0 Å². The number of nitrogens with zero attached hydrogens (tertiary/aromatic N) is 4. The molecule has 3 aromatic rings. The first-order chi connectivity index (χ1) is 19.7. The topological polar surface area (TPSA) is 102 Å². The van der Waals surface area contributed by atoms with Gasteiger partial charge in [-0.1, -0.05) is 45.0 Å². The van der Waals surface area contributed by atoms with Crippen LogP contribution in [0.2, 0.25) is 0 Å². The largest absolute Gasteiger partial charge is 0.343 e. The number of aryl methyl sites for hydroxylation is 1. The summed E-state index contributed by atoms with van der Waals surface area (Å²) in [4.78, 5) is 46.1. The van der Waals surface area contributed by atoms with Crippen molar-refractivity contribution in [1.29, 1.82) is 0 Å². The van der Waals surface area contributed by atoms with Crippen LogP contribution in [0.4, 0.5) is 10.5 Å². The second-order valence-electron chi connectivity index (χ2n) is 13.1. The van der Waals surface area contributed by atoms with E-state index in [1.165, 1.54) is 5.56 Å². The fourth-order valence-corrected chi connectivity index (χ4v) is 6.70. The highest BCUT2D eigenvalue weighted by Crippen LogP contribution is 2.32. The van der Waals surface area contributed by atoms with Crippen LogP contribution in [0.5, 0.6) is 0 Å². The Kier molecular flexibility index (Phi) is 7.21.